The van der Waals surface area contributed by atoms with Crippen molar-refractivity contribution in [3.05, 3.63) is 35.9 Å². The summed E-state index contributed by atoms with van der Waals surface area (Å²) in [6, 6.07) is 9.93. The van der Waals surface area contributed by atoms with E-state index in [1.807, 2.05) is 71.0 Å². The van der Waals surface area contributed by atoms with E-state index in [2.05, 4.69) is 6.07 Å². The zero-order valence-corrected chi connectivity index (χ0v) is 16.9. The highest BCUT2D eigenvalue weighted by Crippen LogP contribution is 2.50. The van der Waals surface area contributed by atoms with E-state index in [0.29, 0.717) is 5.69 Å². The van der Waals surface area contributed by atoms with Crippen molar-refractivity contribution in [2.75, 3.05) is 29.6 Å². The summed E-state index contributed by atoms with van der Waals surface area (Å²) < 4.78 is 5.67. The molecule has 5 nitrogen and oxygen atoms in total. The number of hydrogen-bond acceptors (Lipinski definition) is 5. The van der Waals surface area contributed by atoms with Gasteiger partial charge in [0.05, 0.1) is 11.4 Å². The summed E-state index contributed by atoms with van der Waals surface area (Å²) in [5.41, 5.74) is 9.89. The average molecular weight is 372 g/mol. The first kappa shape index (κ1) is 18.5. The Kier molecular flexibility index (Phi) is 4.56. The zero-order chi connectivity index (χ0) is 19.2. The molecule has 0 aromatic heterocycles. The maximum atomic E-state index is 13.0. The van der Waals surface area contributed by atoms with E-state index in [0.717, 1.165) is 32.4 Å². The minimum atomic E-state index is -0.575. The summed E-state index contributed by atoms with van der Waals surface area (Å²) >= 11 is 1.62. The number of rotatable bonds is 1. The van der Waals surface area contributed by atoms with Gasteiger partial charge in [-0.25, -0.2) is 9.69 Å². The van der Waals surface area contributed by atoms with Gasteiger partial charge in [0.15, 0.2) is 0 Å². The van der Waals surface area contributed by atoms with Crippen LogP contribution in [-0.4, -0.2) is 25.8 Å². The van der Waals surface area contributed by atoms with Crippen LogP contribution in [0.1, 0.15) is 26.3 Å². The number of fused-ring (bicyclic) bond motifs is 2. The largest absolute Gasteiger partial charge is 0.443 e. The molecule has 1 aliphatic rings. The Morgan fingerprint density at radius 3 is 2.38 bits per heavy atom. The zero-order valence-electron chi connectivity index (χ0n) is 16.1. The summed E-state index contributed by atoms with van der Waals surface area (Å²) in [7, 11) is 3.99. The summed E-state index contributed by atoms with van der Waals surface area (Å²) in [6.45, 7) is 7.55. The van der Waals surface area contributed by atoms with Crippen LogP contribution in [-0.2, 0) is 4.74 Å². The molecule has 0 atom stereocenters. The predicted octanol–water partition coefficient (Wildman–Crippen LogP) is 5.18. The molecule has 6 heteroatoms. The standard InChI is InChI=1S/C20H25N3O2S/c1-12-9-16-18(11-14(12)21)26-17-10-13(22(5)6)7-8-15(17)23(16)19(24)25-20(2,3)4/h7-11H,21H2,1-6H3. The molecule has 26 heavy (non-hydrogen) atoms. The Morgan fingerprint density at radius 2 is 1.77 bits per heavy atom. The molecular formula is C20H25N3O2S. The topological polar surface area (TPSA) is 58.8 Å². The Balaban J connectivity index is 2.16. The molecule has 138 valence electrons. The average Bonchev–Trinajstić information content (AvgIpc) is 2.51. The molecule has 2 N–H and O–H groups in total. The molecule has 0 aliphatic carbocycles. The number of aryl methyl sites for hydroxylation is 1. The smallest absolute Gasteiger partial charge is 0.419 e. The minimum absolute atomic E-state index is 0.387. The van der Waals surface area contributed by atoms with E-state index in [9.17, 15) is 4.79 Å². The number of amides is 1. The summed E-state index contributed by atoms with van der Waals surface area (Å²) in [5, 5.41) is 0. The SMILES string of the molecule is Cc1cc2c(cc1N)Sc1cc(N(C)C)ccc1N2C(=O)OC(C)(C)C. The van der Waals surface area contributed by atoms with Crippen LogP contribution in [0.4, 0.5) is 27.5 Å². The lowest BCUT2D eigenvalue weighted by atomic mass is 10.1. The third kappa shape index (κ3) is 3.46. The summed E-state index contributed by atoms with van der Waals surface area (Å²) in [6.07, 6.45) is -0.387. The van der Waals surface area contributed by atoms with Gasteiger partial charge in [-0.1, -0.05) is 11.8 Å². The number of benzene rings is 2. The Hall–Kier alpha value is -2.34. The van der Waals surface area contributed by atoms with Gasteiger partial charge in [-0.15, -0.1) is 0 Å². The van der Waals surface area contributed by atoms with Crippen LogP contribution in [0.15, 0.2) is 40.1 Å². The molecule has 2 aromatic carbocycles. The van der Waals surface area contributed by atoms with Gasteiger partial charge in [0.2, 0.25) is 0 Å². The maximum Gasteiger partial charge on any atom is 0.419 e. The third-order valence-electron chi connectivity index (χ3n) is 4.09. The van der Waals surface area contributed by atoms with Gasteiger partial charge in [-0.05, 0) is 63.6 Å². The highest BCUT2D eigenvalue weighted by molar-refractivity contribution is 7.99. The van der Waals surface area contributed by atoms with E-state index in [-0.39, 0.29) is 6.09 Å². The van der Waals surface area contributed by atoms with Crippen LogP contribution in [0, 0.1) is 6.92 Å². The lowest BCUT2D eigenvalue weighted by Gasteiger charge is -2.33. The summed E-state index contributed by atoms with van der Waals surface area (Å²) in [5.74, 6) is 0. The molecule has 0 saturated carbocycles. The van der Waals surface area contributed by atoms with Crippen LogP contribution < -0.4 is 15.5 Å². The summed E-state index contributed by atoms with van der Waals surface area (Å²) in [4.78, 5) is 18.6. The molecule has 1 heterocycles. The van der Waals surface area contributed by atoms with E-state index in [4.69, 9.17) is 10.5 Å². The number of anilines is 4. The van der Waals surface area contributed by atoms with Gasteiger partial charge in [-0.3, -0.25) is 0 Å². The van der Waals surface area contributed by atoms with Crippen LogP contribution >= 0.6 is 11.8 Å². The molecule has 0 unspecified atom stereocenters. The van der Waals surface area contributed by atoms with Crippen molar-refractivity contribution in [3.63, 3.8) is 0 Å². The van der Waals surface area contributed by atoms with Gasteiger partial charge in [0, 0.05) is 35.3 Å². The lowest BCUT2D eigenvalue weighted by Crippen LogP contribution is -2.35. The normalized spacial score (nSPS) is 13.1. The monoisotopic (exact) mass is 371 g/mol. The van der Waals surface area contributed by atoms with Crippen molar-refractivity contribution in [1.82, 2.24) is 0 Å². The number of nitrogen functional groups attached to an aromatic ring is 1. The second-order valence-corrected chi connectivity index (χ2v) is 8.72. The number of hydrogen-bond donors (Lipinski definition) is 1. The molecule has 0 spiro atoms. The van der Waals surface area contributed by atoms with E-state index in [1.165, 1.54) is 0 Å². The minimum Gasteiger partial charge on any atom is -0.443 e. The fraction of sp³-hybridized carbons (Fsp3) is 0.350. The number of nitrogens with two attached hydrogens (primary N) is 1. The van der Waals surface area contributed by atoms with Crippen molar-refractivity contribution in [1.29, 1.82) is 0 Å². The van der Waals surface area contributed by atoms with Gasteiger partial charge >= 0.3 is 6.09 Å². The van der Waals surface area contributed by atoms with E-state index >= 15 is 0 Å². The van der Waals surface area contributed by atoms with Crippen LogP contribution in [0.3, 0.4) is 0 Å². The van der Waals surface area contributed by atoms with E-state index < -0.39 is 5.60 Å². The van der Waals surface area contributed by atoms with Gasteiger partial charge in [0.1, 0.15) is 5.60 Å². The first-order valence-corrected chi connectivity index (χ1v) is 9.31. The molecule has 0 fully saturated rings. The highest BCUT2D eigenvalue weighted by Gasteiger charge is 2.32. The molecule has 2 aromatic rings. The Labute approximate surface area is 159 Å². The van der Waals surface area contributed by atoms with Crippen LogP contribution in [0.25, 0.3) is 0 Å². The fourth-order valence-corrected chi connectivity index (χ4v) is 3.87. The fourth-order valence-electron chi connectivity index (χ4n) is 2.75. The van der Waals surface area contributed by atoms with Crippen LogP contribution in [0.2, 0.25) is 0 Å². The van der Waals surface area contributed by atoms with Crippen molar-refractivity contribution in [2.24, 2.45) is 0 Å². The molecule has 1 aliphatic heterocycles. The van der Waals surface area contributed by atoms with Crippen molar-refractivity contribution >= 4 is 40.6 Å². The molecule has 0 saturated heterocycles. The first-order chi connectivity index (χ1) is 12.1. The maximum absolute atomic E-state index is 13.0. The number of carbonyl (C=O) groups excluding carboxylic acids is 1. The Bertz CT molecular complexity index is 872. The van der Waals surface area contributed by atoms with Crippen molar-refractivity contribution < 1.29 is 9.53 Å². The third-order valence-corrected chi connectivity index (χ3v) is 5.18. The number of nitrogens with zero attached hydrogens (tertiary/aromatic N) is 2. The lowest BCUT2D eigenvalue weighted by molar-refractivity contribution is 0.0597. The van der Waals surface area contributed by atoms with Gasteiger partial charge < -0.3 is 15.4 Å². The molecule has 3 rings (SSSR count). The predicted molar refractivity (Wildman–Crippen MR) is 109 cm³/mol. The first-order valence-electron chi connectivity index (χ1n) is 8.49. The molecule has 1 amide bonds. The highest BCUT2D eigenvalue weighted by atomic mass is 32.2. The number of carbonyl (C=O) groups is 1. The quantitative estimate of drug-likeness (QED) is 0.700. The number of ether oxygens (including phenoxy) is 1. The van der Waals surface area contributed by atoms with Crippen molar-refractivity contribution in [2.45, 2.75) is 43.1 Å². The van der Waals surface area contributed by atoms with Crippen LogP contribution in [0.5, 0.6) is 0 Å². The molecular weight excluding hydrogens is 346 g/mol. The van der Waals surface area contributed by atoms with Crippen molar-refractivity contribution in [3.8, 4) is 0 Å². The Morgan fingerprint density at radius 1 is 1.12 bits per heavy atom. The van der Waals surface area contributed by atoms with E-state index in [1.54, 1.807) is 16.7 Å². The molecule has 0 bridgehead atoms. The second-order valence-electron chi connectivity index (χ2n) is 7.64. The second kappa shape index (κ2) is 6.43. The van der Waals surface area contributed by atoms with Gasteiger partial charge in [-0.2, -0.15) is 0 Å². The molecule has 0 radical (unpaired) electrons. The van der Waals surface area contributed by atoms with Gasteiger partial charge in [0.25, 0.3) is 0 Å².